The molecule has 1 fully saturated rings. The smallest absolute Gasteiger partial charge is 0.235 e. The molecule has 1 aromatic heterocycles. The van der Waals surface area contributed by atoms with Crippen molar-refractivity contribution in [2.75, 3.05) is 47.1 Å². The average molecular weight is 552 g/mol. The maximum Gasteiger partial charge on any atom is 0.235 e. The molecule has 34 heavy (non-hydrogen) atoms. The normalized spacial score (nSPS) is 14.2. The van der Waals surface area contributed by atoms with E-state index in [2.05, 4.69) is 21.2 Å². The van der Waals surface area contributed by atoms with E-state index in [1.54, 1.807) is 24.3 Å². The number of carbonyl (C=O) groups is 1. The molecule has 0 unspecified atom stereocenters. The Morgan fingerprint density at radius 3 is 2.62 bits per heavy atom. The predicted octanol–water partition coefficient (Wildman–Crippen LogP) is 3.84. The number of hydrogen-bond donors (Lipinski definition) is 1. The summed E-state index contributed by atoms with van der Waals surface area (Å²) < 4.78 is 22.6. The van der Waals surface area contributed by atoms with Crippen LogP contribution in [0.15, 0.2) is 44.0 Å². The maximum atomic E-state index is 13.3. The molecule has 0 bridgehead atoms. The van der Waals surface area contributed by atoms with Gasteiger partial charge in [-0.3, -0.25) is 14.5 Å². The van der Waals surface area contributed by atoms with Crippen LogP contribution in [0.2, 0.25) is 5.02 Å². The lowest BCUT2D eigenvalue weighted by Gasteiger charge is -2.25. The highest BCUT2D eigenvalue weighted by atomic mass is 79.9. The number of benzene rings is 2. The van der Waals surface area contributed by atoms with E-state index in [4.69, 9.17) is 30.2 Å². The van der Waals surface area contributed by atoms with E-state index >= 15 is 0 Å². The summed E-state index contributed by atoms with van der Waals surface area (Å²) in [5.74, 6) is 0.745. The summed E-state index contributed by atoms with van der Waals surface area (Å²) in [6.07, 6.45) is 0. The van der Waals surface area contributed by atoms with Gasteiger partial charge in [-0.25, -0.2) is 0 Å². The third kappa shape index (κ3) is 5.22. The second kappa shape index (κ2) is 10.8. The van der Waals surface area contributed by atoms with Gasteiger partial charge in [-0.2, -0.15) is 0 Å². The molecule has 1 saturated heterocycles. The molecule has 2 aromatic carbocycles. The van der Waals surface area contributed by atoms with E-state index in [1.807, 2.05) is 11.0 Å². The highest BCUT2D eigenvalue weighted by molar-refractivity contribution is 9.10. The SMILES string of the molecule is COc1ccc(-c2oc3c(Br)cc(CNC(=O)CN4CCOCC4)cc3c(=O)c2OC)cc1Cl. The molecule has 180 valence electrons. The second-order valence-electron chi connectivity index (χ2n) is 7.76. The number of nitrogens with zero attached hydrogens (tertiary/aromatic N) is 1. The van der Waals surface area contributed by atoms with Crippen molar-refractivity contribution in [1.82, 2.24) is 10.2 Å². The van der Waals surface area contributed by atoms with Crippen molar-refractivity contribution in [3.05, 3.63) is 55.6 Å². The fraction of sp³-hybridized carbons (Fsp3) is 0.333. The first-order chi connectivity index (χ1) is 16.4. The number of amides is 1. The molecule has 4 rings (SSSR count). The minimum Gasteiger partial charge on any atom is -0.495 e. The molecule has 0 radical (unpaired) electrons. The van der Waals surface area contributed by atoms with Gasteiger partial charge >= 0.3 is 0 Å². The van der Waals surface area contributed by atoms with E-state index < -0.39 is 0 Å². The first kappa shape index (κ1) is 24.5. The summed E-state index contributed by atoms with van der Waals surface area (Å²) in [5, 5.41) is 3.63. The van der Waals surface area contributed by atoms with Gasteiger partial charge < -0.3 is 23.9 Å². The lowest BCUT2D eigenvalue weighted by atomic mass is 10.1. The fourth-order valence-electron chi connectivity index (χ4n) is 3.80. The van der Waals surface area contributed by atoms with Gasteiger partial charge in [0, 0.05) is 25.2 Å². The van der Waals surface area contributed by atoms with Crippen molar-refractivity contribution < 1.29 is 23.4 Å². The summed E-state index contributed by atoms with van der Waals surface area (Å²) in [4.78, 5) is 27.7. The van der Waals surface area contributed by atoms with E-state index in [0.717, 1.165) is 18.7 Å². The molecule has 3 aromatic rings. The van der Waals surface area contributed by atoms with E-state index in [9.17, 15) is 9.59 Å². The monoisotopic (exact) mass is 550 g/mol. The topological polar surface area (TPSA) is 90.2 Å². The lowest BCUT2D eigenvalue weighted by molar-refractivity contribution is -0.123. The lowest BCUT2D eigenvalue weighted by Crippen LogP contribution is -2.43. The molecule has 0 spiro atoms. The Morgan fingerprint density at radius 1 is 1.18 bits per heavy atom. The van der Waals surface area contributed by atoms with Gasteiger partial charge in [0.05, 0.1) is 48.9 Å². The third-order valence-corrected chi connectivity index (χ3v) is 6.43. The molecule has 2 heterocycles. The maximum absolute atomic E-state index is 13.3. The molecule has 0 saturated carbocycles. The van der Waals surface area contributed by atoms with Crippen LogP contribution in [0, 0.1) is 0 Å². The zero-order chi connectivity index (χ0) is 24.2. The number of rotatable bonds is 7. The molecule has 0 aliphatic carbocycles. The van der Waals surface area contributed by atoms with Crippen LogP contribution in [-0.4, -0.2) is 57.9 Å². The highest BCUT2D eigenvalue weighted by Crippen LogP contribution is 2.37. The van der Waals surface area contributed by atoms with E-state index in [1.165, 1.54) is 14.2 Å². The van der Waals surface area contributed by atoms with Crippen molar-refractivity contribution in [3.8, 4) is 22.8 Å². The van der Waals surface area contributed by atoms with Gasteiger partial charge in [0.25, 0.3) is 0 Å². The quantitative estimate of drug-likeness (QED) is 0.477. The molecule has 0 atom stereocenters. The zero-order valence-corrected chi connectivity index (χ0v) is 21.1. The summed E-state index contributed by atoms with van der Waals surface area (Å²) in [7, 11) is 2.94. The van der Waals surface area contributed by atoms with Crippen molar-refractivity contribution in [1.29, 1.82) is 0 Å². The van der Waals surface area contributed by atoms with Crippen molar-refractivity contribution >= 4 is 44.4 Å². The minimum absolute atomic E-state index is 0.0640. The first-order valence-corrected chi connectivity index (χ1v) is 11.8. The standard InChI is InChI=1S/C24H24BrClN2O6/c1-31-19-4-3-15(11-18(19)26)22-24(32-2)21(30)16-9-14(10-17(25)23(16)34-22)12-27-20(29)13-28-5-7-33-8-6-28/h3-4,9-11H,5-8,12-13H2,1-2H3,(H,27,29). The highest BCUT2D eigenvalue weighted by Gasteiger charge is 2.20. The van der Waals surface area contributed by atoms with Crippen molar-refractivity contribution in [2.24, 2.45) is 0 Å². The number of ether oxygens (including phenoxy) is 3. The summed E-state index contributed by atoms with van der Waals surface area (Å²) in [6, 6.07) is 8.60. The van der Waals surface area contributed by atoms with Crippen LogP contribution in [0.3, 0.4) is 0 Å². The molecule has 1 amide bonds. The molecule has 1 N–H and O–H groups in total. The van der Waals surface area contributed by atoms with E-state index in [0.29, 0.717) is 51.5 Å². The van der Waals surface area contributed by atoms with Crippen LogP contribution in [0.4, 0.5) is 0 Å². The molecule has 1 aliphatic heterocycles. The van der Waals surface area contributed by atoms with Crippen LogP contribution >= 0.6 is 27.5 Å². The Bertz CT molecular complexity index is 1270. The molecule has 8 nitrogen and oxygen atoms in total. The number of hydrogen-bond acceptors (Lipinski definition) is 7. The van der Waals surface area contributed by atoms with E-state index in [-0.39, 0.29) is 29.4 Å². The van der Waals surface area contributed by atoms with Gasteiger partial charge in [-0.05, 0) is 51.8 Å². The predicted molar refractivity (Wildman–Crippen MR) is 133 cm³/mol. The molecule has 10 heteroatoms. The van der Waals surface area contributed by atoms with Gasteiger partial charge in [-0.15, -0.1) is 0 Å². The Labute approximate surface area is 209 Å². The van der Waals surface area contributed by atoms with Crippen molar-refractivity contribution in [2.45, 2.75) is 6.54 Å². The number of morpholine rings is 1. The largest absolute Gasteiger partial charge is 0.495 e. The Kier molecular flexibility index (Phi) is 7.77. The van der Waals surface area contributed by atoms with Crippen molar-refractivity contribution in [3.63, 3.8) is 0 Å². The van der Waals surface area contributed by atoms with Gasteiger partial charge in [0.2, 0.25) is 17.1 Å². The summed E-state index contributed by atoms with van der Waals surface area (Å²) >= 11 is 9.77. The van der Waals surface area contributed by atoms with Crippen LogP contribution in [0.5, 0.6) is 11.5 Å². The van der Waals surface area contributed by atoms with Crippen LogP contribution in [0.25, 0.3) is 22.3 Å². The summed E-state index contributed by atoms with van der Waals surface area (Å²) in [6.45, 7) is 3.31. The van der Waals surface area contributed by atoms with Gasteiger partial charge in [0.1, 0.15) is 5.75 Å². The van der Waals surface area contributed by atoms with Gasteiger partial charge in [0.15, 0.2) is 11.3 Å². The minimum atomic E-state index is -0.326. The van der Waals surface area contributed by atoms with Crippen LogP contribution in [0.1, 0.15) is 5.56 Å². The summed E-state index contributed by atoms with van der Waals surface area (Å²) in [5.41, 5.74) is 1.38. The third-order valence-electron chi connectivity index (χ3n) is 5.54. The Hall–Kier alpha value is -2.59. The second-order valence-corrected chi connectivity index (χ2v) is 9.02. The fourth-order valence-corrected chi connectivity index (χ4v) is 4.65. The Morgan fingerprint density at radius 2 is 1.94 bits per heavy atom. The zero-order valence-electron chi connectivity index (χ0n) is 18.8. The number of methoxy groups -OCH3 is 2. The first-order valence-electron chi connectivity index (χ1n) is 10.6. The van der Waals surface area contributed by atoms with Crippen LogP contribution in [-0.2, 0) is 16.1 Å². The number of carbonyl (C=O) groups excluding carboxylic acids is 1. The van der Waals surface area contributed by atoms with Crippen LogP contribution < -0.4 is 20.2 Å². The molecule has 1 aliphatic rings. The molecular weight excluding hydrogens is 528 g/mol. The number of nitrogens with one attached hydrogen (secondary N) is 1. The number of fused-ring (bicyclic) bond motifs is 1. The average Bonchev–Trinajstić information content (AvgIpc) is 2.83. The number of halogens is 2. The molecular formula is C24H24BrClN2O6. The van der Waals surface area contributed by atoms with Gasteiger partial charge in [-0.1, -0.05) is 11.6 Å². The Balaban J connectivity index is 1.63.